The summed E-state index contributed by atoms with van der Waals surface area (Å²) >= 11 is 5.98. The predicted molar refractivity (Wildman–Crippen MR) is 98.0 cm³/mol. The Bertz CT molecular complexity index is 948. The number of carbonyl (C=O) groups is 1. The van der Waals surface area contributed by atoms with Crippen LogP contribution in [0.4, 0.5) is 5.69 Å². The lowest BCUT2D eigenvalue weighted by Crippen LogP contribution is -2.42. The maximum absolute atomic E-state index is 13.2. The number of aryl methyl sites for hydroxylation is 1. The summed E-state index contributed by atoms with van der Waals surface area (Å²) < 4.78 is 1.82. The standard InChI is InChI=1S/C19H17ClN4O/c1-12-9-14(7-8-21-12)17-10-22-24-13(2)11-23(19(25)18(17)24)16-5-3-15(20)4-6-16/h3-10,13H,11H2,1-2H3. The average Bonchev–Trinajstić information content (AvgIpc) is 3.05. The predicted octanol–water partition coefficient (Wildman–Crippen LogP) is 4.13. The lowest BCUT2D eigenvalue weighted by Gasteiger charge is -2.32. The zero-order valence-electron chi connectivity index (χ0n) is 14.0. The molecule has 1 unspecified atom stereocenters. The minimum Gasteiger partial charge on any atom is -0.305 e. The van der Waals surface area contributed by atoms with Gasteiger partial charge in [0.1, 0.15) is 5.69 Å². The number of hydrogen-bond donors (Lipinski definition) is 0. The molecular weight excluding hydrogens is 336 g/mol. The highest BCUT2D eigenvalue weighted by atomic mass is 35.5. The van der Waals surface area contributed by atoms with Crippen LogP contribution in [0, 0.1) is 6.92 Å². The first-order valence-electron chi connectivity index (χ1n) is 8.12. The first-order chi connectivity index (χ1) is 12.0. The molecular formula is C19H17ClN4O. The van der Waals surface area contributed by atoms with Crippen LogP contribution in [-0.2, 0) is 0 Å². The van der Waals surface area contributed by atoms with E-state index in [-0.39, 0.29) is 11.9 Å². The summed E-state index contributed by atoms with van der Waals surface area (Å²) in [5.74, 6) is -0.0533. The second-order valence-corrected chi connectivity index (χ2v) is 6.71. The van der Waals surface area contributed by atoms with E-state index in [4.69, 9.17) is 11.6 Å². The lowest BCUT2D eigenvalue weighted by atomic mass is 10.0. The topological polar surface area (TPSA) is 51.0 Å². The van der Waals surface area contributed by atoms with Crippen molar-refractivity contribution >= 4 is 23.2 Å². The van der Waals surface area contributed by atoms with Crippen LogP contribution in [0.5, 0.6) is 0 Å². The minimum absolute atomic E-state index is 0.0533. The van der Waals surface area contributed by atoms with Gasteiger partial charge in [-0.25, -0.2) is 0 Å². The van der Waals surface area contributed by atoms with Crippen molar-refractivity contribution in [1.82, 2.24) is 14.8 Å². The van der Waals surface area contributed by atoms with E-state index in [1.807, 2.05) is 35.9 Å². The number of nitrogens with zero attached hydrogens (tertiary/aromatic N) is 4. The van der Waals surface area contributed by atoms with Crippen LogP contribution in [0.15, 0.2) is 48.8 Å². The van der Waals surface area contributed by atoms with Crippen molar-refractivity contribution < 1.29 is 4.79 Å². The normalized spacial score (nSPS) is 16.8. The smallest absolute Gasteiger partial charge is 0.277 e. The van der Waals surface area contributed by atoms with Crippen LogP contribution < -0.4 is 4.90 Å². The molecule has 0 aliphatic carbocycles. The van der Waals surface area contributed by atoms with Crippen LogP contribution in [0.3, 0.4) is 0 Å². The number of aromatic nitrogens is 3. The van der Waals surface area contributed by atoms with Crippen molar-refractivity contribution in [2.24, 2.45) is 0 Å². The summed E-state index contributed by atoms with van der Waals surface area (Å²) in [7, 11) is 0. The Labute approximate surface area is 150 Å². The summed E-state index contributed by atoms with van der Waals surface area (Å²) in [6, 6.07) is 11.3. The molecule has 1 atom stereocenters. The Kier molecular flexibility index (Phi) is 3.81. The molecule has 1 aromatic carbocycles. The molecule has 1 aliphatic rings. The molecule has 2 aromatic heterocycles. The van der Waals surface area contributed by atoms with Gasteiger partial charge in [0.15, 0.2) is 0 Å². The molecule has 0 radical (unpaired) electrons. The van der Waals surface area contributed by atoms with E-state index in [2.05, 4.69) is 17.0 Å². The molecule has 0 bridgehead atoms. The molecule has 4 rings (SSSR count). The Balaban J connectivity index is 1.81. The molecule has 3 heterocycles. The number of fused-ring (bicyclic) bond motifs is 1. The molecule has 0 saturated carbocycles. The van der Waals surface area contributed by atoms with Crippen molar-refractivity contribution in [3.63, 3.8) is 0 Å². The Morgan fingerprint density at radius 1 is 1.20 bits per heavy atom. The molecule has 0 N–H and O–H groups in total. The maximum atomic E-state index is 13.2. The summed E-state index contributed by atoms with van der Waals surface area (Å²) in [5.41, 5.74) is 4.14. The second-order valence-electron chi connectivity index (χ2n) is 6.28. The molecule has 1 aliphatic heterocycles. The van der Waals surface area contributed by atoms with Crippen molar-refractivity contribution in [3.05, 3.63) is 65.2 Å². The SMILES string of the molecule is Cc1cc(-c2cnn3c2C(=O)N(c2ccc(Cl)cc2)CC3C)ccn1. The second kappa shape index (κ2) is 6.01. The number of hydrogen-bond acceptors (Lipinski definition) is 3. The molecule has 6 heteroatoms. The first-order valence-corrected chi connectivity index (χ1v) is 8.50. The van der Waals surface area contributed by atoms with E-state index < -0.39 is 0 Å². The molecule has 0 spiro atoms. The number of pyridine rings is 1. The third-order valence-electron chi connectivity index (χ3n) is 4.45. The van der Waals surface area contributed by atoms with Gasteiger partial charge in [-0.3, -0.25) is 14.5 Å². The summed E-state index contributed by atoms with van der Waals surface area (Å²) in [6.07, 6.45) is 3.52. The monoisotopic (exact) mass is 352 g/mol. The van der Waals surface area contributed by atoms with Gasteiger partial charge in [0, 0.05) is 34.7 Å². The van der Waals surface area contributed by atoms with Gasteiger partial charge in [0.25, 0.3) is 5.91 Å². The third kappa shape index (κ3) is 2.70. The van der Waals surface area contributed by atoms with Gasteiger partial charge >= 0.3 is 0 Å². The molecule has 5 nitrogen and oxygen atoms in total. The molecule has 126 valence electrons. The lowest BCUT2D eigenvalue weighted by molar-refractivity contribution is 0.0954. The fraction of sp³-hybridized carbons (Fsp3) is 0.211. The molecule has 0 fully saturated rings. The third-order valence-corrected chi connectivity index (χ3v) is 4.71. The van der Waals surface area contributed by atoms with E-state index in [1.165, 1.54) is 0 Å². The van der Waals surface area contributed by atoms with Gasteiger partial charge in [-0.2, -0.15) is 5.10 Å². The van der Waals surface area contributed by atoms with E-state index >= 15 is 0 Å². The highest BCUT2D eigenvalue weighted by Crippen LogP contribution is 2.32. The van der Waals surface area contributed by atoms with Crippen molar-refractivity contribution in [2.75, 3.05) is 11.4 Å². The van der Waals surface area contributed by atoms with E-state index in [9.17, 15) is 4.79 Å². The van der Waals surface area contributed by atoms with Crippen LogP contribution >= 0.6 is 11.6 Å². The van der Waals surface area contributed by atoms with Crippen molar-refractivity contribution in [3.8, 4) is 11.1 Å². The summed E-state index contributed by atoms with van der Waals surface area (Å²) in [6.45, 7) is 4.57. The number of benzene rings is 1. The number of carbonyl (C=O) groups excluding carboxylic acids is 1. The van der Waals surface area contributed by atoms with Crippen molar-refractivity contribution in [2.45, 2.75) is 19.9 Å². The molecule has 3 aromatic rings. The number of rotatable bonds is 2. The number of amides is 1. The van der Waals surface area contributed by atoms with Gasteiger partial charge < -0.3 is 4.90 Å². The van der Waals surface area contributed by atoms with Crippen LogP contribution in [0.25, 0.3) is 11.1 Å². The summed E-state index contributed by atoms with van der Waals surface area (Å²) in [5, 5.41) is 5.12. The Morgan fingerprint density at radius 2 is 1.96 bits per heavy atom. The Hall–Kier alpha value is -2.66. The van der Waals surface area contributed by atoms with E-state index in [0.717, 1.165) is 22.5 Å². The van der Waals surface area contributed by atoms with Crippen LogP contribution in [-0.4, -0.2) is 27.2 Å². The fourth-order valence-corrected chi connectivity index (χ4v) is 3.36. The zero-order valence-corrected chi connectivity index (χ0v) is 14.7. The van der Waals surface area contributed by atoms with E-state index in [1.54, 1.807) is 29.4 Å². The van der Waals surface area contributed by atoms with Gasteiger partial charge in [0.05, 0.1) is 12.2 Å². The first kappa shape index (κ1) is 15.8. The van der Waals surface area contributed by atoms with Crippen LogP contribution in [0.1, 0.15) is 29.1 Å². The molecule has 0 saturated heterocycles. The van der Waals surface area contributed by atoms with Gasteiger partial charge in [-0.1, -0.05) is 11.6 Å². The average molecular weight is 353 g/mol. The molecule has 25 heavy (non-hydrogen) atoms. The zero-order chi connectivity index (χ0) is 17.6. The van der Waals surface area contributed by atoms with E-state index in [0.29, 0.717) is 17.3 Å². The number of halogens is 1. The number of anilines is 1. The highest BCUT2D eigenvalue weighted by Gasteiger charge is 2.33. The maximum Gasteiger partial charge on any atom is 0.277 e. The highest BCUT2D eigenvalue weighted by molar-refractivity contribution is 6.30. The van der Waals surface area contributed by atoms with Gasteiger partial charge in [-0.05, 0) is 55.8 Å². The Morgan fingerprint density at radius 3 is 2.68 bits per heavy atom. The largest absolute Gasteiger partial charge is 0.305 e. The minimum atomic E-state index is -0.0533. The fourth-order valence-electron chi connectivity index (χ4n) is 3.23. The quantitative estimate of drug-likeness (QED) is 0.696. The van der Waals surface area contributed by atoms with Gasteiger partial charge in [-0.15, -0.1) is 0 Å². The van der Waals surface area contributed by atoms with Crippen molar-refractivity contribution in [1.29, 1.82) is 0 Å². The summed E-state index contributed by atoms with van der Waals surface area (Å²) in [4.78, 5) is 19.2. The molecule has 1 amide bonds. The van der Waals surface area contributed by atoms with Crippen LogP contribution in [0.2, 0.25) is 5.02 Å². The van der Waals surface area contributed by atoms with Gasteiger partial charge in [0.2, 0.25) is 0 Å².